The molecule has 0 aliphatic heterocycles. The lowest BCUT2D eigenvalue weighted by atomic mass is 10.0. The van der Waals surface area contributed by atoms with Crippen LogP contribution in [0.1, 0.15) is 30.5 Å². The number of hydrogen-bond acceptors (Lipinski definition) is 5. The van der Waals surface area contributed by atoms with Crippen LogP contribution in [0.4, 0.5) is 5.69 Å². The van der Waals surface area contributed by atoms with Crippen molar-refractivity contribution in [1.29, 1.82) is 0 Å². The van der Waals surface area contributed by atoms with E-state index in [1.807, 2.05) is 32.0 Å². The third kappa shape index (κ3) is 5.79. The largest absolute Gasteiger partial charge is 0.496 e. The van der Waals surface area contributed by atoms with Crippen LogP contribution in [0.5, 0.6) is 11.5 Å². The number of amides is 1. The number of rotatable bonds is 9. The van der Waals surface area contributed by atoms with Crippen molar-refractivity contribution in [2.45, 2.75) is 26.3 Å². The molecule has 0 radical (unpaired) electrons. The van der Waals surface area contributed by atoms with Gasteiger partial charge < -0.3 is 14.8 Å². The molecule has 0 heterocycles. The Labute approximate surface area is 183 Å². The molecule has 0 bridgehead atoms. The number of methoxy groups -OCH3 is 2. The second-order valence-corrected chi connectivity index (χ2v) is 9.16. The highest BCUT2D eigenvalue weighted by Gasteiger charge is 2.23. The van der Waals surface area contributed by atoms with Crippen molar-refractivity contribution in [3.05, 3.63) is 52.5 Å². The second kappa shape index (κ2) is 10.0. The van der Waals surface area contributed by atoms with E-state index in [1.165, 1.54) is 13.2 Å². The van der Waals surface area contributed by atoms with E-state index < -0.39 is 15.9 Å². The maximum atomic E-state index is 12.7. The summed E-state index contributed by atoms with van der Waals surface area (Å²) < 4.78 is 36.1. The zero-order valence-corrected chi connectivity index (χ0v) is 19.3. The zero-order chi connectivity index (χ0) is 22.5. The minimum absolute atomic E-state index is 0.254. The SMILES string of the molecule is CCC(NC(=O)CN(c1ccc(OC)c(Cl)c1)S(C)(=O)=O)c1ccc(OC)c(C)c1. The maximum Gasteiger partial charge on any atom is 0.241 e. The van der Waals surface area contributed by atoms with Gasteiger partial charge >= 0.3 is 0 Å². The molecule has 30 heavy (non-hydrogen) atoms. The summed E-state index contributed by atoms with van der Waals surface area (Å²) in [5, 5.41) is 3.17. The average Bonchev–Trinajstić information content (AvgIpc) is 2.69. The fourth-order valence-electron chi connectivity index (χ4n) is 3.12. The molecule has 0 spiro atoms. The van der Waals surface area contributed by atoms with E-state index in [9.17, 15) is 13.2 Å². The monoisotopic (exact) mass is 454 g/mol. The minimum atomic E-state index is -3.72. The number of carbonyl (C=O) groups is 1. The van der Waals surface area contributed by atoms with E-state index in [2.05, 4.69) is 5.32 Å². The Bertz CT molecular complexity index is 1010. The fraction of sp³-hybridized carbons (Fsp3) is 0.381. The Morgan fingerprint density at radius 3 is 2.27 bits per heavy atom. The number of anilines is 1. The first kappa shape index (κ1) is 23.8. The molecule has 1 unspecified atom stereocenters. The summed E-state index contributed by atoms with van der Waals surface area (Å²) >= 11 is 6.13. The number of hydrogen-bond donors (Lipinski definition) is 1. The van der Waals surface area contributed by atoms with Crippen LogP contribution in [0.2, 0.25) is 5.02 Å². The molecule has 7 nitrogen and oxygen atoms in total. The molecule has 0 saturated heterocycles. The molecular formula is C21H27ClN2O5S. The molecule has 9 heteroatoms. The third-order valence-electron chi connectivity index (χ3n) is 4.68. The van der Waals surface area contributed by atoms with Gasteiger partial charge in [0.15, 0.2) is 0 Å². The Balaban J connectivity index is 2.23. The number of ether oxygens (including phenoxy) is 2. The molecule has 2 aromatic carbocycles. The van der Waals surface area contributed by atoms with Crippen LogP contribution in [-0.4, -0.2) is 41.3 Å². The van der Waals surface area contributed by atoms with Crippen molar-refractivity contribution in [2.24, 2.45) is 0 Å². The molecule has 0 fully saturated rings. The third-order valence-corrected chi connectivity index (χ3v) is 6.11. The highest BCUT2D eigenvalue weighted by molar-refractivity contribution is 7.92. The van der Waals surface area contributed by atoms with Crippen molar-refractivity contribution < 1.29 is 22.7 Å². The predicted molar refractivity (Wildman–Crippen MR) is 119 cm³/mol. The zero-order valence-electron chi connectivity index (χ0n) is 17.7. The summed E-state index contributed by atoms with van der Waals surface area (Å²) in [6.07, 6.45) is 1.69. The highest BCUT2D eigenvalue weighted by Crippen LogP contribution is 2.30. The van der Waals surface area contributed by atoms with Crippen molar-refractivity contribution in [3.63, 3.8) is 0 Å². The fourth-order valence-corrected chi connectivity index (χ4v) is 4.22. The molecule has 2 rings (SSSR count). The van der Waals surface area contributed by atoms with E-state index in [1.54, 1.807) is 19.2 Å². The van der Waals surface area contributed by atoms with Gasteiger partial charge in [-0.15, -0.1) is 0 Å². The molecule has 164 valence electrons. The number of sulfonamides is 1. The molecule has 1 amide bonds. The predicted octanol–water partition coefficient (Wildman–Crippen LogP) is 3.70. The van der Waals surface area contributed by atoms with Crippen molar-refractivity contribution in [2.75, 3.05) is 31.3 Å². The molecule has 2 aromatic rings. The average molecular weight is 455 g/mol. The van der Waals surface area contributed by atoms with Gasteiger partial charge in [0.1, 0.15) is 18.0 Å². The second-order valence-electron chi connectivity index (χ2n) is 6.85. The lowest BCUT2D eigenvalue weighted by Crippen LogP contribution is -2.41. The number of aryl methyl sites for hydroxylation is 1. The summed E-state index contributed by atoms with van der Waals surface area (Å²) in [4.78, 5) is 12.7. The van der Waals surface area contributed by atoms with Gasteiger partial charge in [0.2, 0.25) is 15.9 Å². The smallest absolute Gasteiger partial charge is 0.241 e. The van der Waals surface area contributed by atoms with Crippen LogP contribution < -0.4 is 19.1 Å². The van der Waals surface area contributed by atoms with Crippen LogP contribution >= 0.6 is 11.6 Å². The van der Waals surface area contributed by atoms with E-state index in [-0.39, 0.29) is 23.3 Å². The molecular weight excluding hydrogens is 428 g/mol. The normalized spacial score (nSPS) is 12.2. The molecule has 1 atom stereocenters. The van der Waals surface area contributed by atoms with Crippen LogP contribution in [0, 0.1) is 6.92 Å². The Morgan fingerprint density at radius 1 is 1.13 bits per heavy atom. The lowest BCUT2D eigenvalue weighted by molar-refractivity contribution is -0.120. The number of benzene rings is 2. The Kier molecular flexibility index (Phi) is 7.97. The minimum Gasteiger partial charge on any atom is -0.496 e. The summed E-state index contributed by atoms with van der Waals surface area (Å²) in [7, 11) is -0.646. The topological polar surface area (TPSA) is 84.9 Å². The molecule has 0 aliphatic rings. The van der Waals surface area contributed by atoms with Crippen molar-refractivity contribution in [3.8, 4) is 11.5 Å². The Morgan fingerprint density at radius 2 is 1.77 bits per heavy atom. The quantitative estimate of drug-likeness (QED) is 0.624. The van der Waals surface area contributed by atoms with Crippen LogP contribution in [-0.2, 0) is 14.8 Å². The molecule has 0 saturated carbocycles. The molecule has 0 aromatic heterocycles. The van der Waals surface area contributed by atoms with Gasteiger partial charge in [0.05, 0.1) is 37.2 Å². The van der Waals surface area contributed by atoms with Gasteiger partial charge in [-0.3, -0.25) is 9.10 Å². The summed E-state index contributed by atoms with van der Waals surface area (Å²) in [5.74, 6) is 0.756. The first-order chi connectivity index (χ1) is 14.1. The number of nitrogens with one attached hydrogen (secondary N) is 1. The summed E-state index contributed by atoms with van der Waals surface area (Å²) in [5.41, 5.74) is 2.16. The molecule has 0 aliphatic carbocycles. The Hall–Kier alpha value is -2.45. The van der Waals surface area contributed by atoms with Gasteiger partial charge in [0, 0.05) is 0 Å². The van der Waals surface area contributed by atoms with E-state index in [0.717, 1.165) is 27.4 Å². The van der Waals surface area contributed by atoms with Crippen molar-refractivity contribution in [1.82, 2.24) is 5.32 Å². The number of nitrogens with zero attached hydrogens (tertiary/aromatic N) is 1. The first-order valence-electron chi connectivity index (χ1n) is 9.35. The van der Waals surface area contributed by atoms with E-state index in [0.29, 0.717) is 12.2 Å². The highest BCUT2D eigenvalue weighted by atomic mass is 35.5. The van der Waals surface area contributed by atoms with Crippen molar-refractivity contribution >= 4 is 33.2 Å². The van der Waals surface area contributed by atoms with Gasteiger partial charge in [-0.1, -0.05) is 30.7 Å². The van der Waals surface area contributed by atoms with Gasteiger partial charge in [-0.25, -0.2) is 8.42 Å². The van der Waals surface area contributed by atoms with Crippen LogP contribution in [0.15, 0.2) is 36.4 Å². The lowest BCUT2D eigenvalue weighted by Gasteiger charge is -2.24. The number of halogens is 1. The molecule has 1 N–H and O–H groups in total. The first-order valence-corrected chi connectivity index (χ1v) is 11.6. The van der Waals surface area contributed by atoms with Crippen LogP contribution in [0.25, 0.3) is 0 Å². The van der Waals surface area contributed by atoms with E-state index in [4.69, 9.17) is 21.1 Å². The number of carbonyl (C=O) groups excluding carboxylic acids is 1. The van der Waals surface area contributed by atoms with Crippen LogP contribution in [0.3, 0.4) is 0 Å². The standard InChI is InChI=1S/C21H27ClN2O5S/c1-6-18(15-7-9-19(28-3)14(2)11-15)23-21(25)13-24(30(5,26)27)16-8-10-20(29-4)17(22)12-16/h7-12,18H,6,13H2,1-5H3,(H,23,25). The van der Waals surface area contributed by atoms with Gasteiger partial charge in [-0.2, -0.15) is 0 Å². The summed E-state index contributed by atoms with van der Waals surface area (Å²) in [6, 6.07) is 9.98. The van der Waals surface area contributed by atoms with Gasteiger partial charge in [0.25, 0.3) is 0 Å². The maximum absolute atomic E-state index is 12.7. The van der Waals surface area contributed by atoms with E-state index >= 15 is 0 Å². The van der Waals surface area contributed by atoms with Gasteiger partial charge in [-0.05, 0) is 48.7 Å². The summed E-state index contributed by atoms with van der Waals surface area (Å²) in [6.45, 7) is 3.50.